The molecule has 4 nitrogen and oxygen atoms in total. The number of carbonyl (C=O) groups excluding carboxylic acids is 1. The molecular weight excluding hydrogens is 276 g/mol. The molecule has 0 radical (unpaired) electrons. The van der Waals surface area contributed by atoms with E-state index < -0.39 is 0 Å². The molecule has 0 aliphatic carbocycles. The number of benzene rings is 2. The first-order valence-corrected chi connectivity index (χ1v) is 7.10. The summed E-state index contributed by atoms with van der Waals surface area (Å²) in [6, 6.07) is 19.1. The van der Waals surface area contributed by atoms with Crippen molar-refractivity contribution in [3.8, 4) is 5.75 Å². The molecule has 0 bridgehead atoms. The molecule has 1 heterocycles. The van der Waals surface area contributed by atoms with Gasteiger partial charge in [0.2, 0.25) is 0 Å². The predicted molar refractivity (Wildman–Crippen MR) is 85.5 cm³/mol. The third-order valence-electron chi connectivity index (χ3n) is 3.33. The highest BCUT2D eigenvalue weighted by atomic mass is 16.5. The molecule has 0 atom stereocenters. The summed E-state index contributed by atoms with van der Waals surface area (Å²) >= 11 is 0. The van der Waals surface area contributed by atoms with Crippen LogP contribution in [0.1, 0.15) is 5.56 Å². The molecule has 2 aromatic carbocycles. The topological polar surface area (TPSA) is 51.2 Å². The summed E-state index contributed by atoms with van der Waals surface area (Å²) in [5.74, 6) is 0.539. The van der Waals surface area contributed by atoms with Crippen molar-refractivity contribution in [1.82, 2.24) is 10.3 Å². The molecule has 0 saturated heterocycles. The van der Waals surface area contributed by atoms with Crippen molar-refractivity contribution in [3.05, 3.63) is 72.4 Å². The molecule has 4 heteroatoms. The Morgan fingerprint density at radius 2 is 1.77 bits per heavy atom. The van der Waals surface area contributed by atoms with Gasteiger partial charge >= 0.3 is 0 Å². The number of amides is 1. The number of para-hydroxylation sites is 2. The first-order chi connectivity index (χ1) is 10.8. The summed E-state index contributed by atoms with van der Waals surface area (Å²) in [4.78, 5) is 16.2. The molecule has 3 aromatic rings. The van der Waals surface area contributed by atoms with Gasteiger partial charge in [-0.05, 0) is 29.8 Å². The summed E-state index contributed by atoms with van der Waals surface area (Å²) in [7, 11) is 0. The van der Waals surface area contributed by atoms with Crippen LogP contribution in [0, 0.1) is 0 Å². The SMILES string of the molecule is O=C(COc1ccccc1)NCc1ccnc2ccccc12. The van der Waals surface area contributed by atoms with E-state index >= 15 is 0 Å². The number of pyridine rings is 1. The van der Waals surface area contributed by atoms with Crippen molar-refractivity contribution in [2.24, 2.45) is 0 Å². The largest absolute Gasteiger partial charge is 0.484 e. The van der Waals surface area contributed by atoms with Crippen molar-refractivity contribution in [3.63, 3.8) is 0 Å². The Hall–Kier alpha value is -2.88. The van der Waals surface area contributed by atoms with Gasteiger partial charge in [0.1, 0.15) is 5.75 Å². The van der Waals surface area contributed by atoms with Crippen molar-refractivity contribution in [1.29, 1.82) is 0 Å². The highest BCUT2D eigenvalue weighted by molar-refractivity contribution is 5.83. The fraction of sp³-hybridized carbons (Fsp3) is 0.111. The average molecular weight is 292 g/mol. The molecule has 0 aliphatic rings. The molecule has 1 N–H and O–H groups in total. The minimum Gasteiger partial charge on any atom is -0.484 e. The van der Waals surface area contributed by atoms with Crippen LogP contribution >= 0.6 is 0 Å². The van der Waals surface area contributed by atoms with E-state index in [4.69, 9.17) is 4.74 Å². The maximum absolute atomic E-state index is 11.9. The van der Waals surface area contributed by atoms with Gasteiger partial charge in [-0.1, -0.05) is 36.4 Å². The summed E-state index contributed by atoms with van der Waals surface area (Å²) in [5.41, 5.74) is 1.97. The highest BCUT2D eigenvalue weighted by Gasteiger charge is 2.05. The zero-order valence-corrected chi connectivity index (χ0v) is 12.0. The molecule has 22 heavy (non-hydrogen) atoms. The summed E-state index contributed by atoms with van der Waals surface area (Å²) in [5, 5.41) is 3.92. The van der Waals surface area contributed by atoms with E-state index in [2.05, 4.69) is 10.3 Å². The molecule has 0 aliphatic heterocycles. The van der Waals surface area contributed by atoms with E-state index in [1.165, 1.54) is 0 Å². The molecule has 0 fully saturated rings. The fourth-order valence-corrected chi connectivity index (χ4v) is 2.22. The zero-order chi connectivity index (χ0) is 15.2. The number of aromatic nitrogens is 1. The maximum atomic E-state index is 11.9. The Morgan fingerprint density at radius 3 is 2.64 bits per heavy atom. The van der Waals surface area contributed by atoms with E-state index in [0.717, 1.165) is 16.5 Å². The van der Waals surface area contributed by atoms with Gasteiger partial charge in [0.15, 0.2) is 6.61 Å². The van der Waals surface area contributed by atoms with E-state index in [0.29, 0.717) is 12.3 Å². The first-order valence-electron chi connectivity index (χ1n) is 7.10. The molecule has 0 unspecified atom stereocenters. The lowest BCUT2D eigenvalue weighted by Crippen LogP contribution is -2.28. The Balaban J connectivity index is 1.58. The van der Waals surface area contributed by atoms with Gasteiger partial charge in [-0.25, -0.2) is 0 Å². The number of ether oxygens (including phenoxy) is 1. The van der Waals surface area contributed by atoms with E-state index in [-0.39, 0.29) is 12.5 Å². The van der Waals surface area contributed by atoms with Gasteiger partial charge in [0.25, 0.3) is 5.91 Å². The predicted octanol–water partition coefficient (Wildman–Crippen LogP) is 2.93. The van der Waals surface area contributed by atoms with E-state index in [1.807, 2.05) is 60.7 Å². The highest BCUT2D eigenvalue weighted by Crippen LogP contribution is 2.15. The van der Waals surface area contributed by atoms with Gasteiger partial charge in [0, 0.05) is 18.1 Å². The minimum atomic E-state index is -0.148. The average Bonchev–Trinajstić information content (AvgIpc) is 2.59. The second-order valence-electron chi connectivity index (χ2n) is 4.87. The van der Waals surface area contributed by atoms with Crippen molar-refractivity contribution in [2.75, 3.05) is 6.61 Å². The van der Waals surface area contributed by atoms with E-state index in [1.54, 1.807) is 6.20 Å². The number of carbonyl (C=O) groups is 1. The Morgan fingerprint density at radius 1 is 1.00 bits per heavy atom. The second kappa shape index (κ2) is 6.72. The summed E-state index contributed by atoms with van der Waals surface area (Å²) in [6.45, 7) is 0.465. The van der Waals surface area contributed by atoms with Crippen LogP contribution in [0.2, 0.25) is 0 Å². The lowest BCUT2D eigenvalue weighted by atomic mass is 10.1. The van der Waals surface area contributed by atoms with Gasteiger partial charge in [0.05, 0.1) is 5.52 Å². The normalized spacial score (nSPS) is 10.4. The van der Waals surface area contributed by atoms with Gasteiger partial charge in [-0.2, -0.15) is 0 Å². The fourth-order valence-electron chi connectivity index (χ4n) is 2.22. The maximum Gasteiger partial charge on any atom is 0.258 e. The molecule has 0 saturated carbocycles. The smallest absolute Gasteiger partial charge is 0.258 e. The standard InChI is InChI=1S/C18H16N2O2/c21-18(13-22-15-6-2-1-3-7-15)20-12-14-10-11-19-17-9-5-4-8-16(14)17/h1-11H,12-13H2,(H,20,21). The van der Waals surface area contributed by atoms with Crippen LogP contribution in [0.5, 0.6) is 5.75 Å². The lowest BCUT2D eigenvalue weighted by Gasteiger charge is -2.09. The van der Waals surface area contributed by atoms with Crippen LogP contribution in [0.15, 0.2) is 66.9 Å². The van der Waals surface area contributed by atoms with Crippen molar-refractivity contribution < 1.29 is 9.53 Å². The molecule has 1 amide bonds. The van der Waals surface area contributed by atoms with Crippen LogP contribution in [0.3, 0.4) is 0 Å². The molecule has 3 rings (SSSR count). The Bertz CT molecular complexity index is 767. The quantitative estimate of drug-likeness (QED) is 0.786. The Labute approximate surface area is 128 Å². The monoisotopic (exact) mass is 292 g/mol. The second-order valence-corrected chi connectivity index (χ2v) is 4.87. The number of rotatable bonds is 5. The first kappa shape index (κ1) is 14.1. The third-order valence-corrected chi connectivity index (χ3v) is 3.33. The molecule has 0 spiro atoms. The van der Waals surface area contributed by atoms with Crippen molar-refractivity contribution >= 4 is 16.8 Å². The van der Waals surface area contributed by atoms with Gasteiger partial charge in [-0.15, -0.1) is 0 Å². The van der Waals surface area contributed by atoms with Crippen LogP contribution in [-0.2, 0) is 11.3 Å². The van der Waals surface area contributed by atoms with Crippen LogP contribution in [-0.4, -0.2) is 17.5 Å². The molecule has 110 valence electrons. The number of fused-ring (bicyclic) bond motifs is 1. The van der Waals surface area contributed by atoms with Crippen molar-refractivity contribution in [2.45, 2.75) is 6.54 Å². The van der Waals surface area contributed by atoms with Crippen LogP contribution < -0.4 is 10.1 Å². The van der Waals surface area contributed by atoms with Gasteiger partial charge in [-0.3, -0.25) is 9.78 Å². The van der Waals surface area contributed by atoms with Gasteiger partial charge < -0.3 is 10.1 Å². The lowest BCUT2D eigenvalue weighted by molar-refractivity contribution is -0.123. The minimum absolute atomic E-state index is 0.00697. The number of nitrogens with zero attached hydrogens (tertiary/aromatic N) is 1. The van der Waals surface area contributed by atoms with Crippen LogP contribution in [0.4, 0.5) is 0 Å². The molecule has 1 aromatic heterocycles. The Kier molecular flexibility index (Phi) is 4.30. The number of hydrogen-bond acceptors (Lipinski definition) is 3. The third kappa shape index (κ3) is 3.41. The summed E-state index contributed by atoms with van der Waals surface area (Å²) < 4.78 is 5.42. The number of nitrogens with one attached hydrogen (secondary N) is 1. The summed E-state index contributed by atoms with van der Waals surface area (Å²) in [6.07, 6.45) is 1.75. The van der Waals surface area contributed by atoms with E-state index in [9.17, 15) is 4.79 Å². The zero-order valence-electron chi connectivity index (χ0n) is 12.0. The molecular formula is C18H16N2O2. The number of hydrogen-bond donors (Lipinski definition) is 1. The van der Waals surface area contributed by atoms with Crippen LogP contribution in [0.25, 0.3) is 10.9 Å².